The summed E-state index contributed by atoms with van der Waals surface area (Å²) < 4.78 is 5.07. The molecule has 0 aliphatic heterocycles. The molecule has 1 aliphatic rings. The largest absolute Gasteiger partial charge is 0.372 e. The molecule has 1 rings (SSSR count). The summed E-state index contributed by atoms with van der Waals surface area (Å²) in [5.41, 5.74) is 0. The van der Waals surface area contributed by atoms with Gasteiger partial charge in [0.25, 0.3) is 0 Å². The summed E-state index contributed by atoms with van der Waals surface area (Å²) in [4.78, 5) is 11.4. The Labute approximate surface area is 92.6 Å². The highest BCUT2D eigenvalue weighted by Crippen LogP contribution is 2.26. The van der Waals surface area contributed by atoms with E-state index in [9.17, 15) is 4.79 Å². The lowest BCUT2D eigenvalue weighted by Crippen LogP contribution is -2.40. The van der Waals surface area contributed by atoms with Crippen molar-refractivity contribution >= 4 is 5.91 Å². The van der Waals surface area contributed by atoms with E-state index in [1.165, 1.54) is 32.1 Å². The van der Waals surface area contributed by atoms with Crippen molar-refractivity contribution in [1.82, 2.24) is 5.32 Å². The topological polar surface area (TPSA) is 38.3 Å². The molecule has 1 saturated carbocycles. The van der Waals surface area contributed by atoms with E-state index in [-0.39, 0.29) is 12.5 Å². The van der Waals surface area contributed by atoms with E-state index in [0.717, 1.165) is 0 Å². The summed E-state index contributed by atoms with van der Waals surface area (Å²) in [6.07, 6.45) is 6.51. The van der Waals surface area contributed by atoms with Crippen molar-refractivity contribution in [3.05, 3.63) is 0 Å². The van der Waals surface area contributed by atoms with Gasteiger partial charge in [0.2, 0.25) is 5.91 Å². The lowest BCUT2D eigenvalue weighted by Gasteiger charge is -2.28. The Morgan fingerprint density at radius 2 is 2.07 bits per heavy atom. The van der Waals surface area contributed by atoms with Crippen molar-refractivity contribution in [3.63, 3.8) is 0 Å². The minimum absolute atomic E-state index is 0.0231. The van der Waals surface area contributed by atoms with Crippen molar-refractivity contribution in [2.45, 2.75) is 52.0 Å². The van der Waals surface area contributed by atoms with Gasteiger partial charge < -0.3 is 10.1 Å². The number of ether oxygens (including phenoxy) is 1. The number of amides is 1. The van der Waals surface area contributed by atoms with Gasteiger partial charge in [0, 0.05) is 12.6 Å². The summed E-state index contributed by atoms with van der Waals surface area (Å²) >= 11 is 0. The Kier molecular flexibility index (Phi) is 5.69. The van der Waals surface area contributed by atoms with Gasteiger partial charge in [0.05, 0.1) is 0 Å². The monoisotopic (exact) mass is 213 g/mol. The zero-order valence-electron chi connectivity index (χ0n) is 9.92. The van der Waals surface area contributed by atoms with Crippen LogP contribution in [0.2, 0.25) is 0 Å². The van der Waals surface area contributed by atoms with Crippen LogP contribution in [0.3, 0.4) is 0 Å². The Balaban J connectivity index is 2.21. The van der Waals surface area contributed by atoms with Gasteiger partial charge >= 0.3 is 0 Å². The van der Waals surface area contributed by atoms with Crippen molar-refractivity contribution in [1.29, 1.82) is 0 Å². The first-order valence-corrected chi connectivity index (χ1v) is 6.11. The van der Waals surface area contributed by atoms with Gasteiger partial charge in [-0.3, -0.25) is 4.79 Å². The van der Waals surface area contributed by atoms with Gasteiger partial charge in [-0.1, -0.05) is 19.3 Å². The number of nitrogens with one attached hydrogen (secondary N) is 1. The third-order valence-corrected chi connectivity index (χ3v) is 3.18. The van der Waals surface area contributed by atoms with Crippen LogP contribution in [0.15, 0.2) is 0 Å². The summed E-state index contributed by atoms with van der Waals surface area (Å²) in [6.45, 7) is 4.82. The fourth-order valence-electron chi connectivity index (χ4n) is 2.24. The number of hydrogen-bond donors (Lipinski definition) is 1. The zero-order chi connectivity index (χ0) is 11.1. The van der Waals surface area contributed by atoms with Gasteiger partial charge in [-0.2, -0.15) is 0 Å². The third kappa shape index (κ3) is 4.65. The molecular weight excluding hydrogens is 190 g/mol. The molecule has 88 valence electrons. The fraction of sp³-hybridized carbons (Fsp3) is 0.917. The van der Waals surface area contributed by atoms with Crippen molar-refractivity contribution < 1.29 is 9.53 Å². The second-order valence-corrected chi connectivity index (χ2v) is 4.39. The highest BCUT2D eigenvalue weighted by Gasteiger charge is 2.21. The third-order valence-electron chi connectivity index (χ3n) is 3.18. The van der Waals surface area contributed by atoms with Crippen LogP contribution >= 0.6 is 0 Å². The standard InChI is InChI=1S/C12H23NO2/c1-3-15-9-12(14)13-10(2)11-7-5-4-6-8-11/h10-11H,3-9H2,1-2H3,(H,13,14)/t10-/m1/s1. The maximum Gasteiger partial charge on any atom is 0.246 e. The fourth-order valence-corrected chi connectivity index (χ4v) is 2.24. The average Bonchev–Trinajstić information content (AvgIpc) is 2.27. The Bertz CT molecular complexity index is 188. The summed E-state index contributed by atoms with van der Waals surface area (Å²) in [5, 5.41) is 3.02. The van der Waals surface area contributed by atoms with Crippen molar-refractivity contribution in [3.8, 4) is 0 Å². The number of hydrogen-bond acceptors (Lipinski definition) is 2. The van der Waals surface area contributed by atoms with E-state index in [0.29, 0.717) is 18.6 Å². The summed E-state index contributed by atoms with van der Waals surface area (Å²) in [6, 6.07) is 0.304. The molecule has 1 N–H and O–H groups in total. The molecule has 0 heterocycles. The maximum absolute atomic E-state index is 11.4. The second-order valence-electron chi connectivity index (χ2n) is 4.39. The molecule has 0 aromatic carbocycles. The molecule has 3 nitrogen and oxygen atoms in total. The minimum atomic E-state index is 0.0231. The zero-order valence-corrected chi connectivity index (χ0v) is 9.92. The molecule has 0 unspecified atom stereocenters. The molecule has 3 heteroatoms. The van der Waals surface area contributed by atoms with Gasteiger partial charge in [-0.25, -0.2) is 0 Å². The first-order chi connectivity index (χ1) is 7.24. The van der Waals surface area contributed by atoms with Crippen molar-refractivity contribution in [2.24, 2.45) is 5.92 Å². The molecule has 1 amide bonds. The van der Waals surface area contributed by atoms with E-state index in [4.69, 9.17) is 4.74 Å². The lowest BCUT2D eigenvalue weighted by molar-refractivity contribution is -0.126. The van der Waals surface area contributed by atoms with Gasteiger partial charge in [0.15, 0.2) is 0 Å². The number of rotatable bonds is 5. The first kappa shape index (κ1) is 12.5. The Hall–Kier alpha value is -0.570. The van der Waals surface area contributed by atoms with Crippen LogP contribution in [0.5, 0.6) is 0 Å². The minimum Gasteiger partial charge on any atom is -0.372 e. The predicted octanol–water partition coefficient (Wildman–Crippen LogP) is 2.11. The van der Waals surface area contributed by atoms with Crippen molar-refractivity contribution in [2.75, 3.05) is 13.2 Å². The Morgan fingerprint density at radius 3 is 2.67 bits per heavy atom. The molecule has 1 aliphatic carbocycles. The molecule has 1 atom stereocenters. The second kappa shape index (κ2) is 6.83. The number of carbonyl (C=O) groups is 1. The molecule has 0 aromatic heterocycles. The lowest BCUT2D eigenvalue weighted by atomic mass is 9.84. The molecule has 0 spiro atoms. The van der Waals surface area contributed by atoms with E-state index < -0.39 is 0 Å². The van der Waals surface area contributed by atoms with Crippen LogP contribution in [0.25, 0.3) is 0 Å². The summed E-state index contributed by atoms with van der Waals surface area (Å²) in [7, 11) is 0. The van der Waals surface area contributed by atoms with Crippen LogP contribution in [-0.2, 0) is 9.53 Å². The van der Waals surface area contributed by atoms with Crippen LogP contribution in [0.4, 0.5) is 0 Å². The van der Waals surface area contributed by atoms with E-state index >= 15 is 0 Å². The van der Waals surface area contributed by atoms with Gasteiger partial charge in [0.1, 0.15) is 6.61 Å². The van der Waals surface area contributed by atoms with Gasteiger partial charge in [-0.15, -0.1) is 0 Å². The molecule has 0 saturated heterocycles. The van der Waals surface area contributed by atoms with Crippen LogP contribution in [-0.4, -0.2) is 25.2 Å². The smallest absolute Gasteiger partial charge is 0.246 e. The van der Waals surface area contributed by atoms with E-state index in [1.807, 2.05) is 6.92 Å². The van der Waals surface area contributed by atoms with Gasteiger partial charge in [-0.05, 0) is 32.6 Å². The highest BCUT2D eigenvalue weighted by molar-refractivity contribution is 5.77. The molecular formula is C12H23NO2. The molecule has 0 bridgehead atoms. The molecule has 0 radical (unpaired) electrons. The highest BCUT2D eigenvalue weighted by atomic mass is 16.5. The van der Waals surface area contributed by atoms with Crippen LogP contribution < -0.4 is 5.32 Å². The van der Waals surface area contributed by atoms with Crippen LogP contribution in [0.1, 0.15) is 46.0 Å². The number of carbonyl (C=O) groups excluding carboxylic acids is 1. The molecule has 15 heavy (non-hydrogen) atoms. The summed E-state index contributed by atoms with van der Waals surface area (Å²) in [5.74, 6) is 0.694. The SMILES string of the molecule is CCOCC(=O)N[C@H](C)C1CCCCC1. The quantitative estimate of drug-likeness (QED) is 0.759. The van der Waals surface area contributed by atoms with E-state index in [2.05, 4.69) is 12.2 Å². The molecule has 0 aromatic rings. The Morgan fingerprint density at radius 1 is 1.40 bits per heavy atom. The first-order valence-electron chi connectivity index (χ1n) is 6.11. The predicted molar refractivity (Wildman–Crippen MR) is 60.7 cm³/mol. The maximum atomic E-state index is 11.4. The normalized spacial score (nSPS) is 19.9. The van der Waals surface area contributed by atoms with E-state index in [1.54, 1.807) is 0 Å². The molecule has 1 fully saturated rings. The average molecular weight is 213 g/mol. The van der Waals surface area contributed by atoms with Crippen LogP contribution in [0, 0.1) is 5.92 Å².